The average molecular weight is 286 g/mol. The predicted molar refractivity (Wildman–Crippen MR) is 82.7 cm³/mol. The minimum Gasteiger partial charge on any atom is -0.493 e. The second-order valence-electron chi connectivity index (χ2n) is 4.58. The van der Waals surface area contributed by atoms with E-state index in [9.17, 15) is 4.79 Å². The van der Waals surface area contributed by atoms with Crippen LogP contribution >= 0.6 is 0 Å². The number of ether oxygens (including phenoxy) is 2. The monoisotopic (exact) mass is 286 g/mol. The molecule has 0 atom stereocenters. The van der Waals surface area contributed by atoms with E-state index in [0.717, 1.165) is 5.56 Å². The van der Waals surface area contributed by atoms with Crippen molar-refractivity contribution in [3.05, 3.63) is 48.0 Å². The summed E-state index contributed by atoms with van der Waals surface area (Å²) in [5.41, 5.74) is 7.90. The molecule has 0 spiro atoms. The van der Waals surface area contributed by atoms with Crippen LogP contribution in [0.3, 0.4) is 0 Å². The van der Waals surface area contributed by atoms with Gasteiger partial charge in [-0.2, -0.15) is 0 Å². The number of methoxy groups -OCH3 is 1. The van der Waals surface area contributed by atoms with E-state index in [0.29, 0.717) is 22.9 Å². The van der Waals surface area contributed by atoms with Gasteiger partial charge in [0.2, 0.25) is 0 Å². The second-order valence-corrected chi connectivity index (χ2v) is 4.58. The molecule has 21 heavy (non-hydrogen) atoms. The van der Waals surface area contributed by atoms with Crippen molar-refractivity contribution < 1.29 is 14.3 Å². The molecule has 2 rings (SSSR count). The average Bonchev–Trinajstić information content (AvgIpc) is 2.48. The second kappa shape index (κ2) is 6.65. The number of nitrogens with two attached hydrogens (primary N) is 1. The van der Waals surface area contributed by atoms with E-state index in [1.165, 1.54) is 0 Å². The predicted octanol–water partition coefficient (Wildman–Crippen LogP) is 2.60. The fourth-order valence-corrected chi connectivity index (χ4v) is 1.83. The Balaban J connectivity index is 1.97. The summed E-state index contributed by atoms with van der Waals surface area (Å²) >= 11 is 0. The number of amides is 1. The fourth-order valence-electron chi connectivity index (χ4n) is 1.83. The zero-order chi connectivity index (χ0) is 15.2. The van der Waals surface area contributed by atoms with Gasteiger partial charge in [-0.25, -0.2) is 0 Å². The maximum atomic E-state index is 11.9. The lowest BCUT2D eigenvalue weighted by atomic mass is 10.2. The van der Waals surface area contributed by atoms with Crippen LogP contribution in [0.1, 0.15) is 5.56 Å². The normalized spacial score (nSPS) is 10.0. The van der Waals surface area contributed by atoms with E-state index < -0.39 is 0 Å². The number of nitrogens with one attached hydrogen (secondary N) is 1. The number of hydrogen-bond donors (Lipinski definition) is 2. The van der Waals surface area contributed by atoms with Gasteiger partial charge in [0.15, 0.2) is 18.1 Å². The zero-order valence-electron chi connectivity index (χ0n) is 12.1. The van der Waals surface area contributed by atoms with Gasteiger partial charge in [0.25, 0.3) is 5.91 Å². The quantitative estimate of drug-likeness (QED) is 0.829. The third-order valence-corrected chi connectivity index (χ3v) is 2.91. The van der Waals surface area contributed by atoms with Gasteiger partial charge in [-0.15, -0.1) is 0 Å². The minimum absolute atomic E-state index is 0.117. The Morgan fingerprint density at radius 2 is 1.95 bits per heavy atom. The molecule has 0 fully saturated rings. The molecule has 5 nitrogen and oxygen atoms in total. The first-order valence-corrected chi connectivity index (χ1v) is 6.52. The summed E-state index contributed by atoms with van der Waals surface area (Å²) in [6.07, 6.45) is 0. The smallest absolute Gasteiger partial charge is 0.262 e. The number of nitrogen functional groups attached to an aromatic ring is 1. The van der Waals surface area contributed by atoms with Crippen LogP contribution in [0.25, 0.3) is 0 Å². The first-order chi connectivity index (χ1) is 10.1. The Kier molecular flexibility index (Phi) is 4.66. The van der Waals surface area contributed by atoms with Crippen LogP contribution in [0.4, 0.5) is 11.4 Å². The third kappa shape index (κ3) is 3.89. The summed E-state index contributed by atoms with van der Waals surface area (Å²) in [6, 6.07) is 12.6. The minimum atomic E-state index is -0.282. The number of para-hydroxylation sites is 2. The Hall–Kier alpha value is -2.69. The highest BCUT2D eigenvalue weighted by Crippen LogP contribution is 2.27. The number of aryl methyl sites for hydroxylation is 1. The topological polar surface area (TPSA) is 73.6 Å². The molecule has 0 heterocycles. The summed E-state index contributed by atoms with van der Waals surface area (Å²) in [7, 11) is 1.56. The number of carbonyl (C=O) groups is 1. The van der Waals surface area contributed by atoms with Gasteiger partial charge in [0, 0.05) is 0 Å². The molecule has 3 N–H and O–H groups in total. The highest BCUT2D eigenvalue weighted by molar-refractivity contribution is 5.94. The Bertz CT molecular complexity index is 641. The van der Waals surface area contributed by atoms with Gasteiger partial charge in [-0.3, -0.25) is 4.79 Å². The zero-order valence-corrected chi connectivity index (χ0v) is 12.1. The summed E-state index contributed by atoms with van der Waals surface area (Å²) in [5.74, 6) is 0.844. The van der Waals surface area contributed by atoms with E-state index in [-0.39, 0.29) is 12.5 Å². The van der Waals surface area contributed by atoms with Crippen LogP contribution in [0.5, 0.6) is 11.5 Å². The lowest BCUT2D eigenvalue weighted by molar-refractivity contribution is -0.118. The van der Waals surface area contributed by atoms with Gasteiger partial charge < -0.3 is 20.5 Å². The van der Waals surface area contributed by atoms with Gasteiger partial charge >= 0.3 is 0 Å². The largest absolute Gasteiger partial charge is 0.493 e. The van der Waals surface area contributed by atoms with E-state index >= 15 is 0 Å². The molecule has 0 aliphatic carbocycles. The summed E-state index contributed by atoms with van der Waals surface area (Å²) in [6.45, 7) is 1.84. The van der Waals surface area contributed by atoms with Crippen molar-refractivity contribution in [3.63, 3.8) is 0 Å². The van der Waals surface area contributed by atoms with Gasteiger partial charge in [0.1, 0.15) is 0 Å². The molecule has 0 saturated heterocycles. The fraction of sp³-hybridized carbons (Fsp3) is 0.188. The molecule has 0 unspecified atom stereocenters. The van der Waals surface area contributed by atoms with Crippen LogP contribution in [-0.4, -0.2) is 19.6 Å². The molecular weight excluding hydrogens is 268 g/mol. The third-order valence-electron chi connectivity index (χ3n) is 2.91. The van der Waals surface area contributed by atoms with E-state index in [1.807, 2.05) is 19.1 Å². The van der Waals surface area contributed by atoms with Crippen LogP contribution in [0, 0.1) is 6.92 Å². The molecule has 0 aliphatic rings. The molecule has 5 heteroatoms. The Labute approximate surface area is 123 Å². The maximum absolute atomic E-state index is 11.9. The molecule has 0 radical (unpaired) electrons. The molecule has 0 bridgehead atoms. The molecule has 2 aromatic rings. The van der Waals surface area contributed by atoms with E-state index in [2.05, 4.69) is 5.32 Å². The Morgan fingerprint density at radius 3 is 2.67 bits per heavy atom. The van der Waals surface area contributed by atoms with Crippen molar-refractivity contribution in [3.8, 4) is 11.5 Å². The van der Waals surface area contributed by atoms with Crippen molar-refractivity contribution >= 4 is 17.3 Å². The molecule has 2 aromatic carbocycles. The highest BCUT2D eigenvalue weighted by atomic mass is 16.5. The number of rotatable bonds is 5. The summed E-state index contributed by atoms with van der Waals surface area (Å²) in [4.78, 5) is 11.9. The SMILES string of the molecule is COc1cc(C)ccc1OCC(=O)Nc1ccccc1N. The van der Waals surface area contributed by atoms with Crippen LogP contribution in [0.15, 0.2) is 42.5 Å². The Morgan fingerprint density at radius 1 is 1.19 bits per heavy atom. The number of anilines is 2. The lowest BCUT2D eigenvalue weighted by Crippen LogP contribution is -2.20. The summed E-state index contributed by atoms with van der Waals surface area (Å²) in [5, 5.41) is 2.70. The lowest BCUT2D eigenvalue weighted by Gasteiger charge is -2.12. The standard InChI is InChI=1S/C16H18N2O3/c1-11-7-8-14(15(9-11)20-2)21-10-16(19)18-13-6-4-3-5-12(13)17/h3-9H,10,17H2,1-2H3,(H,18,19). The molecule has 1 amide bonds. The van der Waals surface area contributed by atoms with Gasteiger partial charge in [0.05, 0.1) is 18.5 Å². The molecule has 0 aromatic heterocycles. The maximum Gasteiger partial charge on any atom is 0.262 e. The molecule has 0 saturated carbocycles. The molecule has 0 aliphatic heterocycles. The van der Waals surface area contributed by atoms with Crippen LogP contribution < -0.4 is 20.5 Å². The summed E-state index contributed by atoms with van der Waals surface area (Å²) < 4.78 is 10.7. The van der Waals surface area contributed by atoms with Crippen LogP contribution in [0.2, 0.25) is 0 Å². The number of benzene rings is 2. The van der Waals surface area contributed by atoms with Gasteiger partial charge in [-0.05, 0) is 36.8 Å². The van der Waals surface area contributed by atoms with Crippen LogP contribution in [-0.2, 0) is 4.79 Å². The first kappa shape index (κ1) is 14.7. The first-order valence-electron chi connectivity index (χ1n) is 6.52. The van der Waals surface area contributed by atoms with Crippen molar-refractivity contribution in [1.82, 2.24) is 0 Å². The van der Waals surface area contributed by atoms with Crippen molar-refractivity contribution in [2.24, 2.45) is 0 Å². The van der Waals surface area contributed by atoms with Crippen molar-refractivity contribution in [2.45, 2.75) is 6.92 Å². The molecular formula is C16H18N2O3. The number of carbonyl (C=O) groups excluding carboxylic acids is 1. The van der Waals surface area contributed by atoms with Crippen molar-refractivity contribution in [2.75, 3.05) is 24.8 Å². The van der Waals surface area contributed by atoms with Crippen molar-refractivity contribution in [1.29, 1.82) is 0 Å². The molecule has 110 valence electrons. The highest BCUT2D eigenvalue weighted by Gasteiger charge is 2.09. The van der Waals surface area contributed by atoms with E-state index in [1.54, 1.807) is 37.4 Å². The van der Waals surface area contributed by atoms with Gasteiger partial charge in [-0.1, -0.05) is 18.2 Å². The number of hydrogen-bond acceptors (Lipinski definition) is 4. The van der Waals surface area contributed by atoms with E-state index in [4.69, 9.17) is 15.2 Å².